The third-order valence-corrected chi connectivity index (χ3v) is 1.45. The van der Waals surface area contributed by atoms with Crippen molar-refractivity contribution in [2.24, 2.45) is 0 Å². The van der Waals surface area contributed by atoms with Crippen molar-refractivity contribution in [1.82, 2.24) is 0 Å². The third kappa shape index (κ3) is 2.08. The smallest absolute Gasteiger partial charge is 0.311 e. The van der Waals surface area contributed by atoms with Gasteiger partial charge in [-0.3, -0.25) is 14.9 Å². The molecule has 0 bridgehead atoms. The first kappa shape index (κ1) is 9.74. The number of benzene rings is 1. The molecule has 0 fully saturated rings. The summed E-state index contributed by atoms with van der Waals surface area (Å²) in [4.78, 5) is 19.6. The largest absolute Gasteiger partial charge is 0.502 e. The highest BCUT2D eigenvalue weighted by atomic mass is 16.6. The second kappa shape index (κ2) is 4.05. The minimum absolute atomic E-state index is 0.307. The highest BCUT2D eigenvalue weighted by Gasteiger charge is 2.12. The number of nitrogens with zero attached hydrogens (tertiary/aromatic N) is 1. The molecular formula is C9H5NO4. The maximum Gasteiger partial charge on any atom is 0.311 e. The Hall–Kier alpha value is -2.35. The molecule has 70 valence electrons. The summed E-state index contributed by atoms with van der Waals surface area (Å²) in [5.74, 6) is 4.07. The predicted molar refractivity (Wildman–Crippen MR) is 47.7 cm³/mol. The molecule has 0 aliphatic heterocycles. The molecule has 0 unspecified atom stereocenters. The van der Waals surface area contributed by atoms with Gasteiger partial charge in [0.2, 0.25) is 0 Å². The summed E-state index contributed by atoms with van der Waals surface area (Å²) in [5, 5.41) is 19.4. The van der Waals surface area contributed by atoms with Crippen molar-refractivity contribution >= 4 is 12.0 Å². The van der Waals surface area contributed by atoms with Gasteiger partial charge in [0.05, 0.1) is 4.92 Å². The zero-order valence-corrected chi connectivity index (χ0v) is 6.93. The monoisotopic (exact) mass is 191 g/mol. The van der Waals surface area contributed by atoms with E-state index in [0.29, 0.717) is 11.8 Å². The number of phenols is 1. The van der Waals surface area contributed by atoms with Crippen LogP contribution in [0.2, 0.25) is 0 Å². The van der Waals surface area contributed by atoms with Crippen molar-refractivity contribution in [3.8, 4) is 17.6 Å². The van der Waals surface area contributed by atoms with Crippen molar-refractivity contribution in [1.29, 1.82) is 0 Å². The van der Waals surface area contributed by atoms with Crippen LogP contribution in [0.1, 0.15) is 5.56 Å². The van der Waals surface area contributed by atoms with E-state index in [4.69, 9.17) is 5.11 Å². The fraction of sp³-hybridized carbons (Fsp3) is 0. The fourth-order valence-electron chi connectivity index (χ4n) is 0.860. The van der Waals surface area contributed by atoms with Crippen LogP contribution in [-0.2, 0) is 4.79 Å². The summed E-state index contributed by atoms with van der Waals surface area (Å²) in [6.45, 7) is 0. The zero-order valence-electron chi connectivity index (χ0n) is 6.93. The summed E-state index contributed by atoms with van der Waals surface area (Å²) in [6, 6.07) is 3.65. The Bertz CT molecular complexity index is 442. The van der Waals surface area contributed by atoms with Crippen LogP contribution in [0.4, 0.5) is 5.69 Å². The van der Waals surface area contributed by atoms with Gasteiger partial charge in [-0.2, -0.15) is 0 Å². The molecule has 14 heavy (non-hydrogen) atoms. The Morgan fingerprint density at radius 1 is 1.50 bits per heavy atom. The molecule has 5 heteroatoms. The number of hydrogen-bond donors (Lipinski definition) is 1. The van der Waals surface area contributed by atoms with Crippen molar-refractivity contribution < 1.29 is 14.8 Å². The zero-order chi connectivity index (χ0) is 10.6. The minimum Gasteiger partial charge on any atom is -0.502 e. The Balaban J connectivity index is 3.19. The number of aromatic hydroxyl groups is 1. The summed E-state index contributed by atoms with van der Waals surface area (Å²) < 4.78 is 0. The number of carbonyl (C=O) groups excluding carboxylic acids is 1. The predicted octanol–water partition coefficient (Wildman–Crippen LogP) is 0.851. The van der Waals surface area contributed by atoms with Gasteiger partial charge in [-0.1, -0.05) is 5.92 Å². The first-order valence-electron chi connectivity index (χ1n) is 3.57. The van der Waals surface area contributed by atoms with Crippen LogP contribution in [0.25, 0.3) is 0 Å². The molecule has 5 nitrogen and oxygen atoms in total. The van der Waals surface area contributed by atoms with E-state index in [-0.39, 0.29) is 0 Å². The number of phenolic OH excluding ortho intramolecular Hbond substituents is 1. The lowest BCUT2D eigenvalue weighted by Gasteiger charge is -1.95. The Kier molecular flexibility index (Phi) is 2.82. The lowest BCUT2D eigenvalue weighted by Crippen LogP contribution is -1.89. The molecule has 0 spiro atoms. The number of nitro groups is 1. The first-order chi connectivity index (χ1) is 6.65. The van der Waals surface area contributed by atoms with Crippen molar-refractivity contribution in [2.45, 2.75) is 0 Å². The van der Waals surface area contributed by atoms with Crippen LogP contribution >= 0.6 is 0 Å². The molecule has 1 aromatic rings. The standard InChI is InChI=1S/C9H5NO4/c11-5-1-2-7-3-4-9(12)8(6-7)10(13)14/h3-6,12H. The molecule has 0 atom stereocenters. The van der Waals surface area contributed by atoms with E-state index < -0.39 is 16.4 Å². The highest BCUT2D eigenvalue weighted by Crippen LogP contribution is 2.25. The van der Waals surface area contributed by atoms with Gasteiger partial charge in [-0.15, -0.1) is 0 Å². The van der Waals surface area contributed by atoms with Gasteiger partial charge in [0.1, 0.15) is 0 Å². The van der Waals surface area contributed by atoms with E-state index in [1.807, 2.05) is 0 Å². The normalized spacial score (nSPS) is 8.57. The summed E-state index contributed by atoms with van der Waals surface area (Å²) in [5.41, 5.74) is -0.121. The lowest BCUT2D eigenvalue weighted by atomic mass is 10.2. The van der Waals surface area contributed by atoms with E-state index in [9.17, 15) is 14.9 Å². The number of aldehydes is 1. The average Bonchev–Trinajstić information content (AvgIpc) is 2.16. The Morgan fingerprint density at radius 3 is 2.79 bits per heavy atom. The molecule has 0 aliphatic rings. The van der Waals surface area contributed by atoms with Crippen LogP contribution in [0.5, 0.6) is 5.75 Å². The van der Waals surface area contributed by atoms with Gasteiger partial charge in [0.25, 0.3) is 0 Å². The molecule has 0 heterocycles. The quantitative estimate of drug-likeness (QED) is 0.309. The molecular weight excluding hydrogens is 186 g/mol. The molecule has 1 aromatic carbocycles. The van der Waals surface area contributed by atoms with Crippen molar-refractivity contribution in [3.63, 3.8) is 0 Å². The van der Waals surface area contributed by atoms with E-state index >= 15 is 0 Å². The molecule has 1 rings (SSSR count). The van der Waals surface area contributed by atoms with Gasteiger partial charge < -0.3 is 5.11 Å². The molecule has 0 saturated heterocycles. The second-order valence-corrected chi connectivity index (χ2v) is 2.35. The number of nitro benzene ring substituents is 1. The van der Waals surface area contributed by atoms with Crippen LogP contribution in [0.15, 0.2) is 18.2 Å². The van der Waals surface area contributed by atoms with Crippen LogP contribution in [-0.4, -0.2) is 16.3 Å². The number of carbonyl (C=O) groups is 1. The lowest BCUT2D eigenvalue weighted by molar-refractivity contribution is -0.385. The van der Waals surface area contributed by atoms with Gasteiger partial charge >= 0.3 is 5.69 Å². The molecule has 1 N–H and O–H groups in total. The second-order valence-electron chi connectivity index (χ2n) is 2.35. The Morgan fingerprint density at radius 2 is 2.21 bits per heavy atom. The Labute approximate surface area is 79.1 Å². The topological polar surface area (TPSA) is 80.4 Å². The maximum atomic E-state index is 10.4. The average molecular weight is 191 g/mol. The summed E-state index contributed by atoms with van der Waals surface area (Å²) >= 11 is 0. The molecule has 0 aliphatic carbocycles. The molecule has 0 saturated carbocycles. The van der Waals surface area contributed by atoms with E-state index in [0.717, 1.165) is 12.1 Å². The third-order valence-electron chi connectivity index (χ3n) is 1.45. The SMILES string of the molecule is O=CC#Cc1ccc(O)c([N+](=O)[O-])c1. The molecule has 0 aromatic heterocycles. The first-order valence-corrected chi connectivity index (χ1v) is 3.57. The van der Waals surface area contributed by atoms with Gasteiger partial charge in [0.15, 0.2) is 12.0 Å². The van der Waals surface area contributed by atoms with Crippen molar-refractivity contribution in [2.75, 3.05) is 0 Å². The fourth-order valence-corrected chi connectivity index (χ4v) is 0.860. The van der Waals surface area contributed by atoms with Gasteiger partial charge in [-0.25, -0.2) is 0 Å². The minimum atomic E-state index is -0.721. The van der Waals surface area contributed by atoms with E-state index in [1.165, 1.54) is 6.07 Å². The number of hydrogen-bond acceptors (Lipinski definition) is 4. The van der Waals surface area contributed by atoms with Crippen LogP contribution in [0, 0.1) is 22.0 Å². The van der Waals surface area contributed by atoms with E-state index in [1.54, 1.807) is 0 Å². The summed E-state index contributed by atoms with van der Waals surface area (Å²) in [7, 11) is 0. The maximum absolute atomic E-state index is 10.4. The van der Waals surface area contributed by atoms with Crippen LogP contribution in [0.3, 0.4) is 0 Å². The molecule has 0 amide bonds. The highest BCUT2D eigenvalue weighted by molar-refractivity contribution is 5.74. The van der Waals surface area contributed by atoms with Gasteiger partial charge in [0, 0.05) is 11.6 Å². The van der Waals surface area contributed by atoms with Crippen LogP contribution < -0.4 is 0 Å². The van der Waals surface area contributed by atoms with Gasteiger partial charge in [-0.05, 0) is 18.1 Å². The van der Waals surface area contributed by atoms with E-state index in [2.05, 4.69) is 11.8 Å². The molecule has 0 radical (unpaired) electrons. The number of rotatable bonds is 1. The summed E-state index contributed by atoms with van der Waals surface area (Å²) in [6.07, 6.45) is 0.388. The van der Waals surface area contributed by atoms with Crippen molar-refractivity contribution in [3.05, 3.63) is 33.9 Å².